The molecule has 0 saturated carbocycles. The second-order valence-electron chi connectivity index (χ2n) is 32.1. The molecule has 6 atom stereocenters. The Labute approximate surface area is 645 Å². The van der Waals surface area contributed by atoms with Gasteiger partial charge in [-0.3, -0.25) is 37.3 Å². The van der Waals surface area contributed by atoms with Crippen LogP contribution in [0.4, 0.5) is 0 Å². The molecule has 105 heavy (non-hydrogen) atoms. The van der Waals surface area contributed by atoms with Crippen LogP contribution in [0.15, 0.2) is 0 Å². The molecule has 19 heteroatoms. The van der Waals surface area contributed by atoms with Crippen LogP contribution in [-0.4, -0.2) is 96.7 Å². The Kier molecular flexibility index (Phi) is 74.7. The fourth-order valence-electron chi connectivity index (χ4n) is 13.3. The number of aliphatic hydroxyl groups excluding tert-OH is 1. The van der Waals surface area contributed by atoms with Crippen LogP contribution in [0.25, 0.3) is 0 Å². The largest absolute Gasteiger partial charge is 0.472 e. The normalized spacial score (nSPS) is 14.1. The molecule has 0 heterocycles. The van der Waals surface area contributed by atoms with Gasteiger partial charge in [-0.25, -0.2) is 9.13 Å². The maximum Gasteiger partial charge on any atom is 0.472 e. The predicted octanol–water partition coefficient (Wildman–Crippen LogP) is 26.1. The van der Waals surface area contributed by atoms with Crippen molar-refractivity contribution in [2.24, 2.45) is 17.8 Å². The highest BCUT2D eigenvalue weighted by Gasteiger charge is 2.30. The number of esters is 4. The van der Waals surface area contributed by atoms with Crippen molar-refractivity contribution >= 4 is 39.5 Å². The molecule has 0 bridgehead atoms. The fourth-order valence-corrected chi connectivity index (χ4v) is 14.9. The monoisotopic (exact) mass is 1540 g/mol. The molecule has 0 aliphatic heterocycles. The molecule has 0 amide bonds. The van der Waals surface area contributed by atoms with E-state index in [1.807, 2.05) is 0 Å². The van der Waals surface area contributed by atoms with Gasteiger partial charge in [0.15, 0.2) is 12.2 Å². The minimum atomic E-state index is -4.97. The number of hydrogen-bond acceptors (Lipinski definition) is 15. The molecule has 0 aromatic heterocycles. The summed E-state index contributed by atoms with van der Waals surface area (Å²) in [6.07, 6.45) is 66.8. The van der Waals surface area contributed by atoms with Gasteiger partial charge in [-0.2, -0.15) is 0 Å². The summed E-state index contributed by atoms with van der Waals surface area (Å²) in [6, 6.07) is 0. The third-order valence-corrected chi connectivity index (χ3v) is 22.4. The topological polar surface area (TPSA) is 237 Å². The number of rotatable bonds is 84. The van der Waals surface area contributed by atoms with Gasteiger partial charge >= 0.3 is 39.5 Å². The zero-order valence-corrected chi connectivity index (χ0v) is 71.0. The van der Waals surface area contributed by atoms with Crippen molar-refractivity contribution in [2.45, 2.75) is 471 Å². The van der Waals surface area contributed by atoms with Crippen molar-refractivity contribution in [1.82, 2.24) is 0 Å². The first kappa shape index (κ1) is 103. The van der Waals surface area contributed by atoms with Gasteiger partial charge in [-0.1, -0.05) is 402 Å². The second kappa shape index (κ2) is 76.1. The molecular formula is C86H168O17P2. The van der Waals surface area contributed by atoms with Crippen LogP contribution in [0.1, 0.15) is 453 Å². The minimum Gasteiger partial charge on any atom is -0.462 e. The Balaban J connectivity index is 5.23. The lowest BCUT2D eigenvalue weighted by Crippen LogP contribution is -2.30. The molecule has 0 radical (unpaired) electrons. The van der Waals surface area contributed by atoms with E-state index >= 15 is 0 Å². The van der Waals surface area contributed by atoms with E-state index in [4.69, 9.17) is 37.0 Å². The lowest BCUT2D eigenvalue weighted by molar-refractivity contribution is -0.161. The van der Waals surface area contributed by atoms with E-state index < -0.39 is 97.5 Å². The number of ether oxygens (including phenoxy) is 4. The number of phosphoric ester groups is 2. The third-order valence-electron chi connectivity index (χ3n) is 20.5. The van der Waals surface area contributed by atoms with E-state index in [0.717, 1.165) is 114 Å². The molecule has 624 valence electrons. The number of hydrogen-bond donors (Lipinski definition) is 3. The van der Waals surface area contributed by atoms with Gasteiger partial charge in [-0.05, 0) is 43.4 Å². The van der Waals surface area contributed by atoms with Crippen LogP contribution in [0.5, 0.6) is 0 Å². The van der Waals surface area contributed by atoms with Gasteiger partial charge in [0.05, 0.1) is 26.4 Å². The van der Waals surface area contributed by atoms with Crippen molar-refractivity contribution in [3.05, 3.63) is 0 Å². The molecule has 0 spiro atoms. The zero-order valence-electron chi connectivity index (χ0n) is 69.2. The first-order valence-electron chi connectivity index (χ1n) is 44.4. The van der Waals surface area contributed by atoms with Gasteiger partial charge < -0.3 is 33.8 Å². The molecular weight excluding hydrogens is 1370 g/mol. The lowest BCUT2D eigenvalue weighted by atomic mass is 10.00. The molecule has 3 unspecified atom stereocenters. The smallest absolute Gasteiger partial charge is 0.462 e. The van der Waals surface area contributed by atoms with Crippen molar-refractivity contribution < 1.29 is 80.2 Å². The minimum absolute atomic E-state index is 0.106. The van der Waals surface area contributed by atoms with Gasteiger partial charge in [0.1, 0.15) is 19.3 Å². The van der Waals surface area contributed by atoms with Gasteiger partial charge in [0.25, 0.3) is 0 Å². The van der Waals surface area contributed by atoms with E-state index in [2.05, 4.69) is 48.5 Å². The summed E-state index contributed by atoms with van der Waals surface area (Å²) >= 11 is 0. The molecule has 0 rings (SSSR count). The Bertz CT molecular complexity index is 2030. The molecule has 0 aliphatic carbocycles. The zero-order chi connectivity index (χ0) is 77.2. The van der Waals surface area contributed by atoms with Gasteiger partial charge in [0.2, 0.25) is 0 Å². The summed E-state index contributed by atoms with van der Waals surface area (Å²) in [6.45, 7) is 12.0. The predicted molar refractivity (Wildman–Crippen MR) is 432 cm³/mol. The van der Waals surface area contributed by atoms with E-state index in [1.54, 1.807) is 0 Å². The van der Waals surface area contributed by atoms with Crippen LogP contribution >= 0.6 is 15.6 Å². The van der Waals surface area contributed by atoms with Crippen molar-refractivity contribution in [3.63, 3.8) is 0 Å². The molecule has 0 aliphatic rings. The average molecular weight is 1540 g/mol. The molecule has 0 aromatic carbocycles. The maximum atomic E-state index is 13.1. The quantitative estimate of drug-likeness (QED) is 0.0222. The maximum absolute atomic E-state index is 13.1. The molecule has 0 fully saturated rings. The van der Waals surface area contributed by atoms with Crippen LogP contribution in [0.3, 0.4) is 0 Å². The van der Waals surface area contributed by atoms with E-state index in [1.165, 1.54) is 257 Å². The summed E-state index contributed by atoms with van der Waals surface area (Å²) < 4.78 is 68.9. The second-order valence-corrected chi connectivity index (χ2v) is 35.0. The van der Waals surface area contributed by atoms with Crippen molar-refractivity contribution in [3.8, 4) is 0 Å². The number of unbranched alkanes of at least 4 members (excludes halogenated alkanes) is 51. The summed E-state index contributed by atoms with van der Waals surface area (Å²) in [4.78, 5) is 73.2. The van der Waals surface area contributed by atoms with Crippen LogP contribution in [0, 0.1) is 17.8 Å². The summed E-state index contributed by atoms with van der Waals surface area (Å²) in [5.41, 5.74) is 0. The Morgan fingerprint density at radius 3 is 0.724 bits per heavy atom. The fraction of sp³-hybridized carbons (Fsp3) is 0.953. The first-order chi connectivity index (χ1) is 50.8. The van der Waals surface area contributed by atoms with Crippen LogP contribution < -0.4 is 0 Å². The number of aliphatic hydroxyl groups is 1. The summed E-state index contributed by atoms with van der Waals surface area (Å²) in [5.74, 6) is 0.213. The highest BCUT2D eigenvalue weighted by Crippen LogP contribution is 2.45. The Morgan fingerprint density at radius 1 is 0.276 bits per heavy atom. The highest BCUT2D eigenvalue weighted by atomic mass is 31.2. The van der Waals surface area contributed by atoms with E-state index in [-0.39, 0.29) is 25.7 Å². The summed E-state index contributed by atoms with van der Waals surface area (Å²) in [7, 11) is -9.93. The van der Waals surface area contributed by atoms with Crippen LogP contribution in [-0.2, 0) is 65.4 Å². The highest BCUT2D eigenvalue weighted by molar-refractivity contribution is 7.47. The first-order valence-corrected chi connectivity index (χ1v) is 47.4. The molecule has 0 aromatic rings. The molecule has 0 saturated heterocycles. The molecule has 3 N–H and O–H groups in total. The van der Waals surface area contributed by atoms with Crippen molar-refractivity contribution in [2.75, 3.05) is 39.6 Å². The third kappa shape index (κ3) is 78.5. The molecule has 17 nitrogen and oxygen atoms in total. The average Bonchev–Trinajstić information content (AvgIpc) is 0.908. The SMILES string of the molecule is CCCCCCCCCCCCCCCCCCCCCCCC(=O)O[C@H](COC(=O)CCCCCCCCCCCCCCCCCCC(C)C)COP(=O)(O)OC[C@@H](O)COP(=O)(O)OC[C@@H](COC(=O)CCCCCCCCC(C)CC)OC(=O)CCCCCCCCCCCCCCC(C)C. The number of carbonyl (C=O) groups is 4. The lowest BCUT2D eigenvalue weighted by Gasteiger charge is -2.21. The number of carbonyl (C=O) groups excluding carboxylic acids is 4. The van der Waals surface area contributed by atoms with Crippen LogP contribution in [0.2, 0.25) is 0 Å². The Hall–Kier alpha value is -1.94. The van der Waals surface area contributed by atoms with Gasteiger partial charge in [0, 0.05) is 25.7 Å². The Morgan fingerprint density at radius 2 is 0.486 bits per heavy atom. The summed E-state index contributed by atoms with van der Waals surface area (Å²) in [5, 5.41) is 10.7. The van der Waals surface area contributed by atoms with E-state index in [9.17, 15) is 43.2 Å². The van der Waals surface area contributed by atoms with E-state index in [0.29, 0.717) is 25.7 Å². The van der Waals surface area contributed by atoms with Crippen molar-refractivity contribution in [1.29, 1.82) is 0 Å². The standard InChI is InChI=1S/C86H168O17P2/c1-8-10-11-12-13-14-15-16-17-18-19-20-21-22-27-30-36-41-46-55-62-69-85(90)102-81(73-96-83(88)67-60-53-45-40-35-29-26-24-23-25-28-33-38-43-50-57-64-77(3)4)75-100-104(92,93)98-71-80(87)72-99-105(94,95)101-76-82(74-97-84(89)68-61-54-49-48-52-59-66-79(7)9-2)103-86(91)70-63-56-47-42-37-32-31-34-39-44-51-58-65-78(5)6/h77-82,87H,8-76H2,1-7H3,(H,92,93)(H,94,95)/t79?,80-,81-,82-/m1/s1. The number of phosphoric acid groups is 2. The van der Waals surface area contributed by atoms with Gasteiger partial charge in [-0.15, -0.1) is 0 Å².